The fourth-order valence-electron chi connectivity index (χ4n) is 10.0. The molecule has 4 saturated carbocycles. The molecule has 0 radical (unpaired) electrons. The molecule has 2 aliphatic heterocycles. The van der Waals surface area contributed by atoms with Crippen LogP contribution in [0.5, 0.6) is 0 Å². The highest BCUT2D eigenvalue weighted by Gasteiger charge is 2.73. The van der Waals surface area contributed by atoms with Gasteiger partial charge in [0.2, 0.25) is 0 Å². The van der Waals surface area contributed by atoms with Crippen molar-refractivity contribution in [2.45, 2.75) is 96.9 Å². The molecule has 0 bridgehead atoms. The molecule has 2 heterocycles. The third-order valence-electron chi connectivity index (χ3n) is 11.6. The van der Waals surface area contributed by atoms with Crippen LogP contribution in [0.1, 0.15) is 85.0 Å². The molecule has 1 spiro atoms. The van der Waals surface area contributed by atoms with Gasteiger partial charge in [-0.05, 0) is 79.4 Å². The normalized spacial score (nSPS) is 58.5. The first kappa shape index (κ1) is 21.1. The number of fused-ring (bicyclic) bond motifs is 7. The molecule has 4 heteroatoms. The topological polar surface area (TPSA) is 55.8 Å². The highest BCUT2D eigenvalue weighted by molar-refractivity contribution is 5.90. The van der Waals surface area contributed by atoms with Crippen LogP contribution in [-0.4, -0.2) is 36.0 Å². The van der Waals surface area contributed by atoms with Gasteiger partial charge in [-0.25, -0.2) is 0 Å². The van der Waals surface area contributed by atoms with Crippen LogP contribution in [-0.2, 0) is 14.3 Å². The fourth-order valence-corrected chi connectivity index (χ4v) is 10.0. The van der Waals surface area contributed by atoms with E-state index in [9.17, 15) is 9.90 Å². The lowest BCUT2D eigenvalue weighted by atomic mass is 9.44. The number of carbonyl (C=O) groups is 1. The summed E-state index contributed by atoms with van der Waals surface area (Å²) in [5.74, 6) is 2.39. The molecule has 0 aromatic rings. The summed E-state index contributed by atoms with van der Waals surface area (Å²) in [6.45, 7) is 7.90. The van der Waals surface area contributed by atoms with Crippen molar-refractivity contribution in [1.29, 1.82) is 0 Å². The summed E-state index contributed by atoms with van der Waals surface area (Å²) in [6, 6.07) is 0. The van der Waals surface area contributed by atoms with E-state index in [-0.39, 0.29) is 35.9 Å². The van der Waals surface area contributed by atoms with Crippen molar-refractivity contribution in [2.24, 2.45) is 52.3 Å². The molecule has 11 atom stereocenters. The maximum atomic E-state index is 14.0. The van der Waals surface area contributed by atoms with Crippen LogP contribution in [0.15, 0.2) is 0 Å². The zero-order chi connectivity index (χ0) is 21.6. The van der Waals surface area contributed by atoms with Gasteiger partial charge in [0, 0.05) is 24.2 Å². The Bertz CT molecular complexity index is 742. The van der Waals surface area contributed by atoms with Crippen LogP contribution in [0.25, 0.3) is 0 Å². The van der Waals surface area contributed by atoms with Gasteiger partial charge in [-0.2, -0.15) is 0 Å². The van der Waals surface area contributed by atoms with Gasteiger partial charge < -0.3 is 14.6 Å². The van der Waals surface area contributed by atoms with E-state index in [0.29, 0.717) is 35.6 Å². The molecule has 4 aliphatic carbocycles. The number of aliphatic hydroxyl groups excluding tert-OH is 1. The van der Waals surface area contributed by atoms with Crippen molar-refractivity contribution in [1.82, 2.24) is 0 Å². The molecule has 6 aliphatic rings. The molecule has 0 aromatic heterocycles. The van der Waals surface area contributed by atoms with Gasteiger partial charge >= 0.3 is 0 Å². The van der Waals surface area contributed by atoms with Crippen molar-refractivity contribution < 1.29 is 19.4 Å². The lowest BCUT2D eigenvalue weighted by Crippen LogP contribution is -2.56. The Morgan fingerprint density at radius 3 is 2.58 bits per heavy atom. The van der Waals surface area contributed by atoms with E-state index in [1.165, 1.54) is 44.9 Å². The molecule has 4 nitrogen and oxygen atoms in total. The summed E-state index contributed by atoms with van der Waals surface area (Å²) in [7, 11) is 0. The summed E-state index contributed by atoms with van der Waals surface area (Å²) in [5, 5.41) is 10.5. The molecule has 1 N–H and O–H groups in total. The van der Waals surface area contributed by atoms with Crippen LogP contribution < -0.4 is 0 Å². The number of carbonyl (C=O) groups excluding carboxylic acids is 1. The smallest absolute Gasteiger partial charge is 0.174 e. The van der Waals surface area contributed by atoms with Gasteiger partial charge in [-0.3, -0.25) is 4.79 Å². The van der Waals surface area contributed by atoms with Gasteiger partial charge in [-0.15, -0.1) is 0 Å². The molecule has 6 fully saturated rings. The first-order chi connectivity index (χ1) is 14.8. The lowest BCUT2D eigenvalue weighted by molar-refractivity contribution is -0.275. The van der Waals surface area contributed by atoms with E-state index < -0.39 is 5.79 Å². The second-order valence-corrected chi connectivity index (χ2v) is 12.8. The van der Waals surface area contributed by atoms with Crippen molar-refractivity contribution in [3.05, 3.63) is 0 Å². The third kappa shape index (κ3) is 2.68. The summed E-state index contributed by atoms with van der Waals surface area (Å²) in [5.41, 5.74) is 0.381. The lowest BCUT2D eigenvalue weighted by Gasteiger charge is -2.60. The van der Waals surface area contributed by atoms with Crippen LogP contribution in [0.3, 0.4) is 0 Å². The molecule has 2 saturated heterocycles. The molecule has 6 rings (SSSR count). The summed E-state index contributed by atoms with van der Waals surface area (Å²) >= 11 is 0. The monoisotopic (exact) mass is 430 g/mol. The molecular weight excluding hydrogens is 388 g/mol. The Hall–Kier alpha value is -0.450. The predicted octanol–water partition coefficient (Wildman–Crippen LogP) is 4.97. The van der Waals surface area contributed by atoms with Crippen molar-refractivity contribution in [3.63, 3.8) is 0 Å². The minimum atomic E-state index is -0.732. The van der Waals surface area contributed by atoms with Crippen molar-refractivity contribution >= 4 is 5.78 Å². The standard InChI is InChI=1S/C27H42O4/c1-16-9-13-27(30-15-16)20(14-28)22-24(31-27)23(29)21-18-8-7-17-6-4-5-11-25(17,2)19(18)10-12-26(21,22)3/h16-22,24,28H,4-15H2,1-3H3/t16?,17?,18-,19+,20+,21-,22+,24-,25+,26+,27-/m1/s1. The van der Waals surface area contributed by atoms with E-state index >= 15 is 0 Å². The molecule has 174 valence electrons. The van der Waals surface area contributed by atoms with Gasteiger partial charge in [-0.1, -0.05) is 33.6 Å². The van der Waals surface area contributed by atoms with Crippen LogP contribution in [0, 0.1) is 52.3 Å². The Morgan fingerprint density at radius 1 is 1.00 bits per heavy atom. The zero-order valence-electron chi connectivity index (χ0n) is 19.8. The highest BCUT2D eigenvalue weighted by Crippen LogP contribution is 2.70. The summed E-state index contributed by atoms with van der Waals surface area (Å²) < 4.78 is 12.9. The maximum absolute atomic E-state index is 14.0. The Morgan fingerprint density at radius 2 is 1.84 bits per heavy atom. The predicted molar refractivity (Wildman–Crippen MR) is 118 cm³/mol. The van der Waals surface area contributed by atoms with Crippen molar-refractivity contribution in [2.75, 3.05) is 13.2 Å². The first-order valence-corrected chi connectivity index (χ1v) is 13.3. The van der Waals surface area contributed by atoms with Gasteiger partial charge in [0.25, 0.3) is 0 Å². The number of hydrogen-bond donors (Lipinski definition) is 1. The van der Waals surface area contributed by atoms with E-state index in [0.717, 1.165) is 25.2 Å². The Balaban J connectivity index is 1.33. The number of rotatable bonds is 1. The molecule has 31 heavy (non-hydrogen) atoms. The molecule has 0 amide bonds. The van der Waals surface area contributed by atoms with Crippen molar-refractivity contribution in [3.8, 4) is 0 Å². The van der Waals surface area contributed by atoms with E-state index in [1.807, 2.05) is 0 Å². The Kier molecular flexibility index (Phi) is 4.78. The number of hydrogen-bond acceptors (Lipinski definition) is 4. The number of ketones is 1. The highest BCUT2D eigenvalue weighted by atomic mass is 16.7. The zero-order valence-corrected chi connectivity index (χ0v) is 19.8. The Labute approximate surface area is 187 Å². The number of ether oxygens (including phenoxy) is 2. The SMILES string of the molecule is CC1CC[C@@]2(OC1)O[C@H]1C(=O)[C@H]3[C@@H]4CCC5CCCC[C@]5(C)[C@H]4CC[C@]3(C)[C@H]1[C@@H]2CO. The van der Waals surface area contributed by atoms with E-state index in [4.69, 9.17) is 9.47 Å². The summed E-state index contributed by atoms with van der Waals surface area (Å²) in [4.78, 5) is 14.0. The van der Waals surface area contributed by atoms with E-state index in [1.54, 1.807) is 0 Å². The molecular formula is C27H42O4. The number of aliphatic hydroxyl groups is 1. The first-order valence-electron chi connectivity index (χ1n) is 13.3. The molecule has 0 aromatic carbocycles. The van der Waals surface area contributed by atoms with E-state index in [2.05, 4.69) is 20.8 Å². The minimum Gasteiger partial charge on any atom is -0.396 e. The second kappa shape index (κ2) is 7.03. The maximum Gasteiger partial charge on any atom is 0.174 e. The quantitative estimate of drug-likeness (QED) is 0.638. The van der Waals surface area contributed by atoms with Crippen LogP contribution >= 0.6 is 0 Å². The average Bonchev–Trinajstić information content (AvgIpc) is 3.19. The average molecular weight is 431 g/mol. The largest absolute Gasteiger partial charge is 0.396 e. The molecule has 2 unspecified atom stereocenters. The van der Waals surface area contributed by atoms with Gasteiger partial charge in [0.15, 0.2) is 11.6 Å². The van der Waals surface area contributed by atoms with Gasteiger partial charge in [0.1, 0.15) is 6.10 Å². The summed E-state index contributed by atoms with van der Waals surface area (Å²) in [6.07, 6.45) is 11.9. The third-order valence-corrected chi connectivity index (χ3v) is 11.6. The number of Topliss-reactive ketones (excluding diaryl/α,β-unsaturated/α-hetero) is 1. The van der Waals surface area contributed by atoms with Crippen LogP contribution in [0.4, 0.5) is 0 Å². The fraction of sp³-hybridized carbons (Fsp3) is 0.963. The minimum absolute atomic E-state index is 0.0515. The van der Waals surface area contributed by atoms with Gasteiger partial charge in [0.05, 0.1) is 13.2 Å². The van der Waals surface area contributed by atoms with Crippen LogP contribution in [0.2, 0.25) is 0 Å². The second-order valence-electron chi connectivity index (χ2n) is 12.8.